The Kier molecular flexibility index (Phi) is 5.23. The van der Waals surface area contributed by atoms with Gasteiger partial charge in [-0.2, -0.15) is 0 Å². The summed E-state index contributed by atoms with van der Waals surface area (Å²) in [4.78, 5) is 2.47. The lowest BCUT2D eigenvalue weighted by Gasteiger charge is -2.17. The van der Waals surface area contributed by atoms with Crippen LogP contribution in [0.3, 0.4) is 0 Å². The van der Waals surface area contributed by atoms with Gasteiger partial charge in [-0.1, -0.05) is 17.7 Å². The Morgan fingerprint density at radius 1 is 1.32 bits per heavy atom. The van der Waals surface area contributed by atoms with Gasteiger partial charge >= 0.3 is 0 Å². The highest BCUT2D eigenvalue weighted by atomic mass is 16.5. The topological polar surface area (TPSA) is 38.5 Å². The van der Waals surface area contributed by atoms with Gasteiger partial charge < -0.3 is 10.5 Å². The Balaban J connectivity index is 1.90. The molecule has 1 aliphatic rings. The smallest absolute Gasteiger partial charge is 0.122 e. The van der Waals surface area contributed by atoms with Gasteiger partial charge in [0.05, 0.1) is 0 Å². The van der Waals surface area contributed by atoms with Gasteiger partial charge in [-0.05, 0) is 57.8 Å². The number of rotatable bonds is 6. The van der Waals surface area contributed by atoms with E-state index in [0.717, 1.165) is 25.3 Å². The Labute approximate surface area is 116 Å². The third-order valence-corrected chi connectivity index (χ3v) is 3.62. The number of ether oxygens (including phenoxy) is 1. The number of likely N-dealkylation sites (tertiary alicyclic amines) is 1. The number of aryl methyl sites for hydroxylation is 1. The average molecular weight is 262 g/mol. The van der Waals surface area contributed by atoms with E-state index in [1.54, 1.807) is 0 Å². The van der Waals surface area contributed by atoms with Gasteiger partial charge in [0.2, 0.25) is 0 Å². The molecule has 0 saturated carbocycles. The second-order valence-corrected chi connectivity index (χ2v) is 5.69. The summed E-state index contributed by atoms with van der Waals surface area (Å²) in [6, 6.07) is 6.55. The van der Waals surface area contributed by atoms with Crippen LogP contribution < -0.4 is 10.5 Å². The third-order valence-electron chi connectivity index (χ3n) is 3.62. The molecule has 1 unspecified atom stereocenters. The largest absolute Gasteiger partial charge is 0.492 e. The highest BCUT2D eigenvalue weighted by Gasteiger charge is 2.12. The van der Waals surface area contributed by atoms with Crippen LogP contribution in [0.5, 0.6) is 5.75 Å². The van der Waals surface area contributed by atoms with E-state index in [0.29, 0.717) is 0 Å². The molecule has 0 bridgehead atoms. The van der Waals surface area contributed by atoms with Gasteiger partial charge in [0.1, 0.15) is 12.4 Å². The van der Waals surface area contributed by atoms with Crippen molar-refractivity contribution >= 4 is 0 Å². The second-order valence-electron chi connectivity index (χ2n) is 5.69. The van der Waals surface area contributed by atoms with E-state index in [4.69, 9.17) is 10.5 Å². The molecule has 3 heteroatoms. The number of nitrogens with two attached hydrogens (primary N) is 1. The standard InChI is InChI=1S/C16H26N2O/c1-13-5-6-16(15(11-13)12-14(2)17)19-10-9-18-7-3-4-8-18/h5-6,11,14H,3-4,7-10,12,17H2,1-2H3. The second kappa shape index (κ2) is 6.92. The molecular formula is C16H26N2O. The van der Waals surface area contributed by atoms with Gasteiger partial charge in [-0.15, -0.1) is 0 Å². The Morgan fingerprint density at radius 2 is 2.05 bits per heavy atom. The van der Waals surface area contributed by atoms with E-state index in [1.807, 2.05) is 6.92 Å². The predicted octanol–water partition coefficient (Wildman–Crippen LogP) is 2.36. The fraction of sp³-hybridized carbons (Fsp3) is 0.625. The molecule has 1 aromatic rings. The van der Waals surface area contributed by atoms with Gasteiger partial charge in [-0.25, -0.2) is 0 Å². The molecule has 1 fully saturated rings. The van der Waals surface area contributed by atoms with Crippen molar-refractivity contribution in [2.75, 3.05) is 26.2 Å². The fourth-order valence-electron chi connectivity index (χ4n) is 2.65. The van der Waals surface area contributed by atoms with Crippen molar-refractivity contribution in [3.05, 3.63) is 29.3 Å². The molecule has 0 spiro atoms. The molecule has 2 N–H and O–H groups in total. The first-order valence-corrected chi connectivity index (χ1v) is 7.35. The maximum absolute atomic E-state index is 5.96. The summed E-state index contributed by atoms with van der Waals surface area (Å²) in [5.74, 6) is 1.00. The Morgan fingerprint density at radius 3 is 2.74 bits per heavy atom. The van der Waals surface area contributed by atoms with Crippen LogP contribution >= 0.6 is 0 Å². The minimum Gasteiger partial charge on any atom is -0.492 e. The maximum atomic E-state index is 5.96. The summed E-state index contributed by atoms with van der Waals surface area (Å²) in [6.45, 7) is 8.41. The average Bonchev–Trinajstić information content (AvgIpc) is 2.84. The molecule has 1 atom stereocenters. The first-order valence-electron chi connectivity index (χ1n) is 7.35. The Hall–Kier alpha value is -1.06. The van der Waals surface area contributed by atoms with Crippen molar-refractivity contribution in [2.45, 2.75) is 39.2 Å². The first kappa shape index (κ1) is 14.4. The zero-order chi connectivity index (χ0) is 13.7. The van der Waals surface area contributed by atoms with E-state index >= 15 is 0 Å². The van der Waals surface area contributed by atoms with Gasteiger partial charge in [-0.3, -0.25) is 4.90 Å². The minimum absolute atomic E-state index is 0.169. The monoisotopic (exact) mass is 262 g/mol. The number of hydrogen-bond acceptors (Lipinski definition) is 3. The van der Waals surface area contributed by atoms with Crippen LogP contribution in [-0.2, 0) is 6.42 Å². The fourth-order valence-corrected chi connectivity index (χ4v) is 2.65. The first-order chi connectivity index (χ1) is 9.15. The molecule has 3 nitrogen and oxygen atoms in total. The number of nitrogens with zero attached hydrogens (tertiary/aromatic N) is 1. The van der Waals surface area contributed by atoms with E-state index in [2.05, 4.69) is 30.0 Å². The van der Waals surface area contributed by atoms with Crippen molar-refractivity contribution < 1.29 is 4.74 Å². The van der Waals surface area contributed by atoms with Crippen LogP contribution in [0.15, 0.2) is 18.2 Å². The SMILES string of the molecule is Cc1ccc(OCCN2CCCC2)c(CC(C)N)c1. The van der Waals surface area contributed by atoms with Crippen LogP contribution in [0, 0.1) is 6.92 Å². The summed E-state index contributed by atoms with van der Waals surface area (Å²) in [5.41, 5.74) is 8.41. The van der Waals surface area contributed by atoms with E-state index in [9.17, 15) is 0 Å². The van der Waals surface area contributed by atoms with Crippen molar-refractivity contribution in [2.24, 2.45) is 5.73 Å². The zero-order valence-corrected chi connectivity index (χ0v) is 12.2. The summed E-state index contributed by atoms with van der Waals surface area (Å²) in [6.07, 6.45) is 3.54. The van der Waals surface area contributed by atoms with E-state index < -0.39 is 0 Å². The molecule has 19 heavy (non-hydrogen) atoms. The summed E-state index contributed by atoms with van der Waals surface area (Å²) in [7, 11) is 0. The molecular weight excluding hydrogens is 236 g/mol. The molecule has 0 amide bonds. The predicted molar refractivity (Wildman–Crippen MR) is 79.7 cm³/mol. The van der Waals surface area contributed by atoms with Crippen LogP contribution in [0.2, 0.25) is 0 Å². The summed E-state index contributed by atoms with van der Waals surface area (Å²) >= 11 is 0. The van der Waals surface area contributed by atoms with Crippen LogP contribution in [-0.4, -0.2) is 37.2 Å². The maximum Gasteiger partial charge on any atom is 0.122 e. The summed E-state index contributed by atoms with van der Waals surface area (Å²) in [5, 5.41) is 0. The molecule has 2 rings (SSSR count). The third kappa shape index (κ3) is 4.51. The minimum atomic E-state index is 0.169. The van der Waals surface area contributed by atoms with Crippen molar-refractivity contribution in [1.29, 1.82) is 0 Å². The Bertz CT molecular complexity index is 398. The van der Waals surface area contributed by atoms with Gasteiger partial charge in [0.25, 0.3) is 0 Å². The molecule has 0 radical (unpaired) electrons. The van der Waals surface area contributed by atoms with Crippen molar-refractivity contribution in [3.8, 4) is 5.75 Å². The lowest BCUT2D eigenvalue weighted by Crippen LogP contribution is -2.25. The van der Waals surface area contributed by atoms with Gasteiger partial charge in [0, 0.05) is 12.6 Å². The number of hydrogen-bond donors (Lipinski definition) is 1. The molecule has 1 heterocycles. The molecule has 106 valence electrons. The summed E-state index contributed by atoms with van der Waals surface area (Å²) < 4.78 is 5.96. The van der Waals surface area contributed by atoms with Crippen molar-refractivity contribution in [1.82, 2.24) is 4.90 Å². The zero-order valence-electron chi connectivity index (χ0n) is 12.2. The van der Waals surface area contributed by atoms with Crippen LogP contribution in [0.1, 0.15) is 30.9 Å². The van der Waals surface area contributed by atoms with Crippen LogP contribution in [0.25, 0.3) is 0 Å². The molecule has 1 aliphatic heterocycles. The number of benzene rings is 1. The van der Waals surface area contributed by atoms with Crippen LogP contribution in [0.4, 0.5) is 0 Å². The lowest BCUT2D eigenvalue weighted by molar-refractivity contribution is 0.236. The highest BCUT2D eigenvalue weighted by molar-refractivity contribution is 5.37. The molecule has 0 aromatic heterocycles. The van der Waals surface area contributed by atoms with E-state index in [1.165, 1.54) is 37.1 Å². The lowest BCUT2D eigenvalue weighted by atomic mass is 10.0. The normalized spacial score (nSPS) is 17.6. The van der Waals surface area contributed by atoms with Crippen molar-refractivity contribution in [3.63, 3.8) is 0 Å². The molecule has 0 aliphatic carbocycles. The molecule has 1 saturated heterocycles. The molecule has 1 aromatic carbocycles. The van der Waals surface area contributed by atoms with Gasteiger partial charge in [0.15, 0.2) is 0 Å². The highest BCUT2D eigenvalue weighted by Crippen LogP contribution is 2.21. The quantitative estimate of drug-likeness (QED) is 0.855. The van der Waals surface area contributed by atoms with E-state index in [-0.39, 0.29) is 6.04 Å².